The molecule has 2 aromatic carbocycles. The van der Waals surface area contributed by atoms with Crippen molar-refractivity contribution in [3.63, 3.8) is 0 Å². The van der Waals surface area contributed by atoms with Crippen molar-refractivity contribution in [2.75, 3.05) is 4.90 Å². The van der Waals surface area contributed by atoms with Crippen LogP contribution in [-0.2, 0) is 11.0 Å². The third kappa shape index (κ3) is 3.91. The van der Waals surface area contributed by atoms with E-state index >= 15 is 0 Å². The largest absolute Gasteiger partial charge is 0.503 e. The van der Waals surface area contributed by atoms with Crippen LogP contribution in [0, 0.1) is 19.7 Å². The van der Waals surface area contributed by atoms with Gasteiger partial charge >= 0.3 is 6.18 Å². The molecule has 3 aromatic rings. The average Bonchev–Trinajstić information content (AvgIpc) is 3.23. The Labute approximate surface area is 189 Å². The van der Waals surface area contributed by atoms with Crippen LogP contribution in [0.25, 0.3) is 0 Å². The highest BCUT2D eigenvalue weighted by Crippen LogP contribution is 2.44. The van der Waals surface area contributed by atoms with Crippen LogP contribution in [0.15, 0.2) is 59.9 Å². The number of carbonyl (C=O) groups excluding carboxylic acids is 2. The molecule has 1 aromatic heterocycles. The highest BCUT2D eigenvalue weighted by atomic mass is 32.1. The van der Waals surface area contributed by atoms with E-state index < -0.39 is 46.6 Å². The molecule has 10 heteroatoms. The number of ketones is 1. The second-order valence-electron chi connectivity index (χ2n) is 7.39. The molecule has 1 N–H and O–H groups in total. The summed E-state index contributed by atoms with van der Waals surface area (Å²) in [7, 11) is 0. The summed E-state index contributed by atoms with van der Waals surface area (Å²) in [6.45, 7) is 3.25. The van der Waals surface area contributed by atoms with Crippen LogP contribution >= 0.6 is 11.3 Å². The zero-order chi connectivity index (χ0) is 24.1. The minimum Gasteiger partial charge on any atom is -0.503 e. The number of aliphatic hydroxyl groups is 1. The van der Waals surface area contributed by atoms with Crippen LogP contribution in [0.5, 0.6) is 0 Å². The molecule has 0 bridgehead atoms. The third-order valence-corrected chi connectivity index (χ3v) is 6.29. The first kappa shape index (κ1) is 22.7. The van der Waals surface area contributed by atoms with Crippen molar-refractivity contribution in [1.29, 1.82) is 0 Å². The molecule has 1 unspecified atom stereocenters. The molecular weight excluding hydrogens is 460 g/mol. The molecule has 0 fully saturated rings. The van der Waals surface area contributed by atoms with Gasteiger partial charge in [-0.2, -0.15) is 13.2 Å². The highest BCUT2D eigenvalue weighted by Gasteiger charge is 2.46. The Hall–Kier alpha value is -3.53. The number of amides is 1. The van der Waals surface area contributed by atoms with Crippen molar-refractivity contribution in [3.05, 3.63) is 92.4 Å². The van der Waals surface area contributed by atoms with Gasteiger partial charge in [0.2, 0.25) is 5.78 Å². The molecule has 0 saturated heterocycles. The number of Topliss-reactive ketones (excluding diaryl/α,β-unsaturated/α-hetero) is 1. The summed E-state index contributed by atoms with van der Waals surface area (Å²) >= 11 is 1.04. The normalized spacial score (nSPS) is 16.6. The summed E-state index contributed by atoms with van der Waals surface area (Å²) in [6.07, 6.45) is -4.70. The van der Waals surface area contributed by atoms with Crippen molar-refractivity contribution in [2.24, 2.45) is 0 Å². The molecule has 0 radical (unpaired) electrons. The molecule has 1 amide bonds. The number of halogens is 4. The number of thiazole rings is 1. The summed E-state index contributed by atoms with van der Waals surface area (Å²) in [4.78, 5) is 31.6. The van der Waals surface area contributed by atoms with Gasteiger partial charge in [-0.15, -0.1) is 11.3 Å². The molecule has 33 heavy (non-hydrogen) atoms. The summed E-state index contributed by atoms with van der Waals surface area (Å²) in [6, 6.07) is 7.66. The number of anilines is 1. The maximum absolute atomic E-state index is 14.8. The van der Waals surface area contributed by atoms with Gasteiger partial charge in [0, 0.05) is 11.3 Å². The average molecular weight is 476 g/mol. The number of alkyl halides is 3. The lowest BCUT2D eigenvalue weighted by atomic mass is 9.94. The van der Waals surface area contributed by atoms with Gasteiger partial charge < -0.3 is 5.11 Å². The minimum absolute atomic E-state index is 0.144. The smallest absolute Gasteiger partial charge is 0.416 e. The second-order valence-corrected chi connectivity index (χ2v) is 8.59. The van der Waals surface area contributed by atoms with Gasteiger partial charge in [-0.25, -0.2) is 9.37 Å². The van der Waals surface area contributed by atoms with E-state index in [1.54, 1.807) is 13.8 Å². The molecule has 4 rings (SSSR count). The van der Waals surface area contributed by atoms with Gasteiger partial charge in [0.05, 0.1) is 32.8 Å². The van der Waals surface area contributed by atoms with Crippen LogP contribution in [0.3, 0.4) is 0 Å². The molecule has 1 aliphatic heterocycles. The molecule has 1 aliphatic rings. The summed E-state index contributed by atoms with van der Waals surface area (Å²) < 4.78 is 54.7. The van der Waals surface area contributed by atoms with E-state index in [4.69, 9.17) is 0 Å². The van der Waals surface area contributed by atoms with Crippen LogP contribution < -0.4 is 4.90 Å². The van der Waals surface area contributed by atoms with Crippen LogP contribution in [0.1, 0.15) is 37.5 Å². The Kier molecular flexibility index (Phi) is 5.57. The lowest BCUT2D eigenvalue weighted by molar-refractivity contribution is -0.137. The van der Waals surface area contributed by atoms with E-state index in [9.17, 15) is 32.3 Å². The fraction of sp³-hybridized carbons (Fsp3) is 0.174. The molecule has 170 valence electrons. The third-order valence-electron chi connectivity index (χ3n) is 5.21. The van der Waals surface area contributed by atoms with Gasteiger partial charge in [-0.1, -0.05) is 24.3 Å². The molecule has 5 nitrogen and oxygen atoms in total. The predicted octanol–water partition coefficient (Wildman–Crippen LogP) is 5.70. The molecule has 0 saturated carbocycles. The monoisotopic (exact) mass is 476 g/mol. The molecule has 0 aliphatic carbocycles. The maximum Gasteiger partial charge on any atom is 0.416 e. The van der Waals surface area contributed by atoms with Crippen molar-refractivity contribution in [2.45, 2.75) is 26.1 Å². The Bertz CT molecular complexity index is 1310. The molecule has 1 atom stereocenters. The number of aromatic nitrogens is 1. The van der Waals surface area contributed by atoms with E-state index in [-0.39, 0.29) is 16.1 Å². The standard InChI is InChI=1S/C23H16F4N2O3S/c1-11-21(33-12(2)28-11)19(30)17-18(15-8-3-4-9-16(15)24)29(22(32)20(17)31)14-7-5-6-13(10-14)23(25,26)27/h3-10,18,31H,1-2H3. The quantitative estimate of drug-likeness (QED) is 0.387. The maximum atomic E-state index is 14.8. The van der Waals surface area contributed by atoms with Crippen LogP contribution in [0.2, 0.25) is 0 Å². The number of aryl methyl sites for hydroxylation is 2. The van der Waals surface area contributed by atoms with E-state index in [1.165, 1.54) is 24.3 Å². The highest BCUT2D eigenvalue weighted by molar-refractivity contribution is 7.14. The fourth-order valence-electron chi connectivity index (χ4n) is 3.79. The topological polar surface area (TPSA) is 70.5 Å². The number of carbonyl (C=O) groups is 2. The van der Waals surface area contributed by atoms with Crippen molar-refractivity contribution in [3.8, 4) is 0 Å². The van der Waals surface area contributed by atoms with Gasteiger partial charge in [-0.3, -0.25) is 14.5 Å². The number of rotatable bonds is 4. The molecule has 2 heterocycles. The van der Waals surface area contributed by atoms with Crippen molar-refractivity contribution in [1.82, 2.24) is 4.98 Å². The second kappa shape index (κ2) is 8.11. The molecule has 0 spiro atoms. The number of nitrogens with zero attached hydrogens (tertiary/aromatic N) is 2. The van der Waals surface area contributed by atoms with Crippen LogP contribution in [0.4, 0.5) is 23.2 Å². The van der Waals surface area contributed by atoms with Gasteiger partial charge in [0.15, 0.2) is 5.76 Å². The Balaban J connectivity index is 1.92. The number of aliphatic hydroxyl groups excluding tert-OH is 1. The van der Waals surface area contributed by atoms with Crippen molar-refractivity contribution >= 4 is 28.7 Å². The van der Waals surface area contributed by atoms with Gasteiger partial charge in [-0.05, 0) is 38.1 Å². The first-order chi connectivity index (χ1) is 15.5. The number of benzene rings is 2. The first-order valence-corrected chi connectivity index (χ1v) is 10.5. The lowest BCUT2D eigenvalue weighted by Gasteiger charge is -2.27. The van der Waals surface area contributed by atoms with E-state index in [1.807, 2.05) is 0 Å². The number of hydrogen-bond donors (Lipinski definition) is 1. The predicted molar refractivity (Wildman–Crippen MR) is 114 cm³/mol. The Morgan fingerprint density at radius 3 is 2.42 bits per heavy atom. The zero-order valence-corrected chi connectivity index (χ0v) is 18.1. The fourth-order valence-corrected chi connectivity index (χ4v) is 4.66. The van der Waals surface area contributed by atoms with E-state index in [0.29, 0.717) is 16.8 Å². The van der Waals surface area contributed by atoms with Gasteiger partial charge in [0.1, 0.15) is 5.82 Å². The van der Waals surface area contributed by atoms with Gasteiger partial charge in [0.25, 0.3) is 5.91 Å². The summed E-state index contributed by atoms with van der Waals surface area (Å²) in [5, 5.41) is 11.2. The Morgan fingerprint density at radius 1 is 1.12 bits per heavy atom. The number of hydrogen-bond acceptors (Lipinski definition) is 5. The zero-order valence-electron chi connectivity index (χ0n) is 17.3. The lowest BCUT2D eigenvalue weighted by Crippen LogP contribution is -2.31. The SMILES string of the molecule is Cc1nc(C)c(C(=O)C2=C(O)C(=O)N(c3cccc(C(F)(F)F)c3)C2c2ccccc2F)s1. The van der Waals surface area contributed by atoms with E-state index in [0.717, 1.165) is 34.4 Å². The summed E-state index contributed by atoms with van der Waals surface area (Å²) in [5.41, 5.74) is -1.48. The summed E-state index contributed by atoms with van der Waals surface area (Å²) in [5.74, 6) is -3.59. The van der Waals surface area contributed by atoms with Crippen LogP contribution in [-0.4, -0.2) is 21.8 Å². The van der Waals surface area contributed by atoms with E-state index in [2.05, 4.69) is 4.98 Å². The minimum atomic E-state index is -4.70. The molecular formula is C23H16F4N2O3S. The van der Waals surface area contributed by atoms with Crippen molar-refractivity contribution < 1.29 is 32.3 Å². The first-order valence-electron chi connectivity index (χ1n) is 9.67. The Morgan fingerprint density at radius 2 is 1.82 bits per heavy atom.